The van der Waals surface area contributed by atoms with Gasteiger partial charge in [0.25, 0.3) is 0 Å². The first-order valence-corrected chi connectivity index (χ1v) is 8.97. The van der Waals surface area contributed by atoms with Crippen LogP contribution in [0.4, 0.5) is 0 Å². The van der Waals surface area contributed by atoms with Crippen LogP contribution in [-0.4, -0.2) is 24.5 Å². The van der Waals surface area contributed by atoms with Crippen LogP contribution >= 0.6 is 7.60 Å². The van der Waals surface area contributed by atoms with Gasteiger partial charge in [0.2, 0.25) is 0 Å². The first kappa shape index (κ1) is 16.9. The predicted octanol–water partition coefficient (Wildman–Crippen LogP) is 3.58. The molecule has 0 saturated carbocycles. The van der Waals surface area contributed by atoms with Gasteiger partial charge in [-0.25, -0.2) is 0 Å². The van der Waals surface area contributed by atoms with Crippen molar-refractivity contribution in [3.63, 3.8) is 0 Å². The second-order valence-corrected chi connectivity index (χ2v) is 6.57. The average Bonchev–Trinajstić information content (AvgIpc) is 3.03. The molecule has 7 heteroatoms. The first-order chi connectivity index (χ1) is 10.7. The van der Waals surface area contributed by atoms with Gasteiger partial charge in [0, 0.05) is 6.20 Å². The molecule has 2 rings (SSSR count). The van der Waals surface area contributed by atoms with Gasteiger partial charge >= 0.3 is 7.60 Å². The van der Waals surface area contributed by atoms with Gasteiger partial charge in [-0.2, -0.15) is 0 Å². The zero-order valence-electron chi connectivity index (χ0n) is 12.8. The Balaban J connectivity index is 2.16. The van der Waals surface area contributed by atoms with Crippen molar-refractivity contribution < 1.29 is 18.0 Å². The molecule has 0 aromatic carbocycles. The summed E-state index contributed by atoms with van der Waals surface area (Å²) in [7, 11) is -3.18. The largest absolute Gasteiger partial charge is 0.467 e. The smallest absolute Gasteiger partial charge is 0.344 e. The van der Waals surface area contributed by atoms with Gasteiger partial charge in [-0.15, -0.1) is 0 Å². The second kappa shape index (κ2) is 8.25. The molecule has 22 heavy (non-hydrogen) atoms. The van der Waals surface area contributed by atoms with Crippen LogP contribution in [0.15, 0.2) is 47.2 Å². The summed E-state index contributed by atoms with van der Waals surface area (Å²) in [6.07, 6.45) is 3.38. The minimum Gasteiger partial charge on any atom is -0.467 e. The van der Waals surface area contributed by atoms with Crippen LogP contribution in [0.2, 0.25) is 0 Å². The van der Waals surface area contributed by atoms with Gasteiger partial charge in [0.1, 0.15) is 11.8 Å². The van der Waals surface area contributed by atoms with E-state index in [4.69, 9.17) is 13.5 Å². The minimum absolute atomic E-state index is 0.0800. The third kappa shape index (κ3) is 4.52. The summed E-state index contributed by atoms with van der Waals surface area (Å²) in [4.78, 5) is 4.33. The van der Waals surface area contributed by atoms with E-state index < -0.39 is 7.60 Å². The number of nitrogens with zero attached hydrogens (tertiary/aromatic N) is 1. The quantitative estimate of drug-likeness (QED) is 0.711. The standard InChI is InChI=1S/C15H21N2O4P/c1-3-20-22(18,21-4-2)12-17-15(14-9-7-11-19-14)13-8-5-6-10-16-13/h5-11,15,17H,3-4,12H2,1-2H3. The Morgan fingerprint density at radius 1 is 1.23 bits per heavy atom. The minimum atomic E-state index is -3.18. The summed E-state index contributed by atoms with van der Waals surface area (Å²) in [5.41, 5.74) is 0.775. The molecule has 120 valence electrons. The molecule has 0 aliphatic heterocycles. The van der Waals surface area contributed by atoms with E-state index in [1.165, 1.54) is 0 Å². The Morgan fingerprint density at radius 2 is 2.00 bits per heavy atom. The van der Waals surface area contributed by atoms with E-state index in [0.717, 1.165) is 5.69 Å². The van der Waals surface area contributed by atoms with Gasteiger partial charge in [0.15, 0.2) is 0 Å². The number of aromatic nitrogens is 1. The van der Waals surface area contributed by atoms with Gasteiger partial charge in [0.05, 0.1) is 31.5 Å². The lowest BCUT2D eigenvalue weighted by atomic mass is 10.1. The topological polar surface area (TPSA) is 73.6 Å². The molecule has 0 radical (unpaired) electrons. The van der Waals surface area contributed by atoms with Crippen LogP contribution in [0.1, 0.15) is 31.3 Å². The first-order valence-electron chi connectivity index (χ1n) is 7.24. The van der Waals surface area contributed by atoms with Gasteiger partial charge in [-0.1, -0.05) is 6.07 Å². The van der Waals surface area contributed by atoms with Gasteiger partial charge < -0.3 is 13.5 Å². The SMILES string of the molecule is CCOP(=O)(CNC(c1ccccn1)c1ccco1)OCC. The van der Waals surface area contributed by atoms with Crippen molar-refractivity contribution in [3.05, 3.63) is 54.2 Å². The highest BCUT2D eigenvalue weighted by Crippen LogP contribution is 2.47. The zero-order chi connectivity index (χ0) is 15.8. The fourth-order valence-corrected chi connectivity index (χ4v) is 3.53. The second-order valence-electron chi connectivity index (χ2n) is 4.51. The fourth-order valence-electron chi connectivity index (χ4n) is 2.08. The summed E-state index contributed by atoms with van der Waals surface area (Å²) in [6, 6.07) is 8.95. The van der Waals surface area contributed by atoms with Crippen molar-refractivity contribution in [2.45, 2.75) is 19.9 Å². The highest BCUT2D eigenvalue weighted by molar-refractivity contribution is 7.53. The van der Waals surface area contributed by atoms with E-state index in [1.807, 2.05) is 24.3 Å². The fraction of sp³-hybridized carbons (Fsp3) is 0.400. The highest BCUT2D eigenvalue weighted by atomic mass is 31.2. The maximum Gasteiger partial charge on any atom is 0.344 e. The van der Waals surface area contributed by atoms with E-state index in [-0.39, 0.29) is 12.3 Å². The lowest BCUT2D eigenvalue weighted by molar-refractivity contribution is 0.217. The number of hydrogen-bond acceptors (Lipinski definition) is 6. The van der Waals surface area contributed by atoms with Crippen LogP contribution < -0.4 is 5.32 Å². The molecule has 0 fully saturated rings. The number of furan rings is 1. The van der Waals surface area contributed by atoms with Crippen LogP contribution in [0, 0.1) is 0 Å². The number of rotatable bonds is 9. The maximum atomic E-state index is 12.6. The van der Waals surface area contributed by atoms with E-state index in [1.54, 1.807) is 32.4 Å². The van der Waals surface area contributed by atoms with E-state index in [9.17, 15) is 4.57 Å². The van der Waals surface area contributed by atoms with Crippen molar-refractivity contribution >= 4 is 7.60 Å². The van der Waals surface area contributed by atoms with Crippen molar-refractivity contribution in [2.24, 2.45) is 0 Å². The Bertz CT molecular complexity index is 579. The van der Waals surface area contributed by atoms with Crippen LogP contribution in [0.25, 0.3) is 0 Å². The number of nitrogens with one attached hydrogen (secondary N) is 1. The third-order valence-electron chi connectivity index (χ3n) is 2.95. The molecular formula is C15H21N2O4P. The highest BCUT2D eigenvalue weighted by Gasteiger charge is 2.27. The van der Waals surface area contributed by atoms with Gasteiger partial charge in [-0.05, 0) is 38.1 Å². The normalized spacial score (nSPS) is 13.2. The van der Waals surface area contributed by atoms with E-state index in [0.29, 0.717) is 19.0 Å². The number of pyridine rings is 1. The molecule has 2 aromatic heterocycles. The summed E-state index contributed by atoms with van der Waals surface area (Å²) in [5.74, 6) is 0.693. The molecule has 6 nitrogen and oxygen atoms in total. The summed E-state index contributed by atoms with van der Waals surface area (Å²) in [5, 5.41) is 3.18. The molecule has 0 bridgehead atoms. The van der Waals surface area contributed by atoms with E-state index in [2.05, 4.69) is 10.3 Å². The summed E-state index contributed by atoms with van der Waals surface area (Å²) >= 11 is 0. The average molecular weight is 324 g/mol. The molecule has 1 atom stereocenters. The lowest BCUT2D eigenvalue weighted by Crippen LogP contribution is -2.25. The van der Waals surface area contributed by atoms with Crippen molar-refractivity contribution in [2.75, 3.05) is 19.5 Å². The van der Waals surface area contributed by atoms with Crippen molar-refractivity contribution in [3.8, 4) is 0 Å². The Hall–Kier alpha value is -1.46. The zero-order valence-corrected chi connectivity index (χ0v) is 13.7. The monoisotopic (exact) mass is 324 g/mol. The molecule has 2 aromatic rings. The molecule has 1 unspecified atom stereocenters. The summed E-state index contributed by atoms with van der Waals surface area (Å²) < 4.78 is 28.6. The summed E-state index contributed by atoms with van der Waals surface area (Å²) in [6.45, 7) is 4.23. The third-order valence-corrected chi connectivity index (χ3v) is 4.82. The maximum absolute atomic E-state index is 12.6. The van der Waals surface area contributed by atoms with Crippen LogP contribution in [0.5, 0.6) is 0 Å². The molecule has 1 N–H and O–H groups in total. The number of hydrogen-bond donors (Lipinski definition) is 1. The van der Waals surface area contributed by atoms with Crippen molar-refractivity contribution in [1.82, 2.24) is 10.3 Å². The molecule has 0 spiro atoms. The Kier molecular flexibility index (Phi) is 6.34. The van der Waals surface area contributed by atoms with Crippen LogP contribution in [-0.2, 0) is 13.6 Å². The molecule has 2 heterocycles. The van der Waals surface area contributed by atoms with Gasteiger partial charge in [-0.3, -0.25) is 14.9 Å². The molecule has 0 saturated heterocycles. The molecule has 0 aliphatic carbocycles. The van der Waals surface area contributed by atoms with E-state index >= 15 is 0 Å². The Labute approximate surface area is 130 Å². The predicted molar refractivity (Wildman–Crippen MR) is 83.6 cm³/mol. The lowest BCUT2D eigenvalue weighted by Gasteiger charge is -2.21. The molecular weight excluding hydrogens is 303 g/mol. The van der Waals surface area contributed by atoms with Crippen LogP contribution in [0.3, 0.4) is 0 Å². The van der Waals surface area contributed by atoms with Crippen molar-refractivity contribution in [1.29, 1.82) is 0 Å². The molecule has 0 amide bonds. The Morgan fingerprint density at radius 3 is 2.55 bits per heavy atom. The molecule has 0 aliphatic rings.